The average Bonchev–Trinajstić information content (AvgIpc) is 3.25. The summed E-state index contributed by atoms with van der Waals surface area (Å²) in [6, 6.07) is 16.1. The molecule has 3 N–H and O–H groups in total. The third kappa shape index (κ3) is 4.94. The van der Waals surface area contributed by atoms with E-state index in [1.54, 1.807) is 24.3 Å². The SMILES string of the molecule is COc1ccccc1C(=O)NCC(=O)NC(Cc1ncn[nH]1)c1ccccc1. The average molecular weight is 379 g/mol. The number of hydrogen-bond acceptors (Lipinski definition) is 5. The largest absolute Gasteiger partial charge is 0.496 e. The van der Waals surface area contributed by atoms with Gasteiger partial charge in [0.05, 0.1) is 25.3 Å². The van der Waals surface area contributed by atoms with Gasteiger partial charge in [0, 0.05) is 6.42 Å². The third-order valence-corrected chi connectivity index (χ3v) is 4.16. The standard InChI is InChI=1S/C20H21N5O3/c1-28-17-10-6-5-9-15(17)20(27)21-12-19(26)24-16(11-18-22-13-23-25-18)14-7-3-2-4-8-14/h2-10,13,16H,11-12H2,1H3,(H,21,27)(H,24,26)(H,22,23,25). The molecule has 0 aliphatic heterocycles. The van der Waals surface area contributed by atoms with Crippen molar-refractivity contribution in [3.05, 3.63) is 77.9 Å². The van der Waals surface area contributed by atoms with E-state index in [4.69, 9.17) is 4.74 Å². The van der Waals surface area contributed by atoms with Gasteiger partial charge in [-0.15, -0.1) is 0 Å². The molecule has 2 aromatic carbocycles. The summed E-state index contributed by atoms with van der Waals surface area (Å²) in [6.07, 6.45) is 1.88. The van der Waals surface area contributed by atoms with E-state index < -0.39 is 0 Å². The number of nitrogens with one attached hydrogen (secondary N) is 3. The molecule has 3 aromatic rings. The quantitative estimate of drug-likeness (QED) is 0.551. The topological polar surface area (TPSA) is 109 Å². The van der Waals surface area contributed by atoms with Gasteiger partial charge in [-0.05, 0) is 17.7 Å². The van der Waals surface area contributed by atoms with E-state index in [9.17, 15) is 9.59 Å². The predicted octanol–water partition coefficient (Wildman–Crippen LogP) is 1.64. The van der Waals surface area contributed by atoms with Crippen LogP contribution in [0.15, 0.2) is 60.9 Å². The molecular formula is C20H21N5O3. The van der Waals surface area contributed by atoms with Crippen LogP contribution >= 0.6 is 0 Å². The first kappa shape index (κ1) is 19.1. The Kier molecular flexibility index (Phi) is 6.35. The highest BCUT2D eigenvalue weighted by Gasteiger charge is 2.18. The van der Waals surface area contributed by atoms with E-state index in [1.807, 2.05) is 30.3 Å². The number of hydrogen-bond donors (Lipinski definition) is 3. The van der Waals surface area contributed by atoms with E-state index in [1.165, 1.54) is 13.4 Å². The normalized spacial score (nSPS) is 11.5. The summed E-state index contributed by atoms with van der Waals surface area (Å²) in [5.41, 5.74) is 1.31. The van der Waals surface area contributed by atoms with Crippen molar-refractivity contribution in [1.29, 1.82) is 0 Å². The number of aromatic nitrogens is 3. The summed E-state index contributed by atoms with van der Waals surface area (Å²) in [7, 11) is 1.49. The summed E-state index contributed by atoms with van der Waals surface area (Å²) in [5.74, 6) is 0.427. The molecule has 1 unspecified atom stereocenters. The van der Waals surface area contributed by atoms with Gasteiger partial charge in [0.25, 0.3) is 5.91 Å². The van der Waals surface area contributed by atoms with E-state index in [2.05, 4.69) is 25.8 Å². The van der Waals surface area contributed by atoms with Crippen molar-refractivity contribution in [2.75, 3.05) is 13.7 Å². The minimum absolute atomic E-state index is 0.156. The summed E-state index contributed by atoms with van der Waals surface area (Å²) in [6.45, 7) is -0.156. The Morgan fingerprint density at radius 3 is 2.57 bits per heavy atom. The monoisotopic (exact) mass is 379 g/mol. The highest BCUT2D eigenvalue weighted by molar-refractivity contribution is 5.98. The van der Waals surface area contributed by atoms with Crippen molar-refractivity contribution in [3.63, 3.8) is 0 Å². The maximum Gasteiger partial charge on any atom is 0.255 e. The Morgan fingerprint density at radius 2 is 1.86 bits per heavy atom. The van der Waals surface area contributed by atoms with Crippen molar-refractivity contribution in [2.45, 2.75) is 12.5 Å². The summed E-state index contributed by atoms with van der Waals surface area (Å²) < 4.78 is 5.18. The van der Waals surface area contributed by atoms with Crippen molar-refractivity contribution in [3.8, 4) is 5.75 Å². The first-order valence-corrected chi connectivity index (χ1v) is 8.77. The van der Waals surface area contributed by atoms with Crippen LogP contribution in [0.3, 0.4) is 0 Å². The van der Waals surface area contributed by atoms with Crippen molar-refractivity contribution in [2.24, 2.45) is 0 Å². The molecule has 0 fully saturated rings. The van der Waals surface area contributed by atoms with Gasteiger partial charge in [-0.1, -0.05) is 42.5 Å². The minimum atomic E-state index is -0.376. The Labute approximate surface area is 162 Å². The fraction of sp³-hybridized carbons (Fsp3) is 0.200. The molecule has 0 bridgehead atoms. The molecular weight excluding hydrogens is 358 g/mol. The molecule has 0 radical (unpaired) electrons. The Hall–Kier alpha value is -3.68. The molecule has 0 aliphatic carbocycles. The van der Waals surface area contributed by atoms with Crippen LogP contribution in [0.2, 0.25) is 0 Å². The molecule has 0 saturated carbocycles. The highest BCUT2D eigenvalue weighted by Crippen LogP contribution is 2.17. The second-order valence-corrected chi connectivity index (χ2v) is 6.05. The van der Waals surface area contributed by atoms with E-state index >= 15 is 0 Å². The summed E-state index contributed by atoms with van der Waals surface area (Å²) >= 11 is 0. The number of amides is 2. The third-order valence-electron chi connectivity index (χ3n) is 4.16. The second kappa shape index (κ2) is 9.31. The molecule has 28 heavy (non-hydrogen) atoms. The van der Waals surface area contributed by atoms with Gasteiger partial charge in [0.15, 0.2) is 0 Å². The molecule has 1 heterocycles. The van der Waals surface area contributed by atoms with Gasteiger partial charge < -0.3 is 15.4 Å². The summed E-state index contributed by atoms with van der Waals surface area (Å²) in [4.78, 5) is 28.9. The van der Waals surface area contributed by atoms with Crippen molar-refractivity contribution < 1.29 is 14.3 Å². The first-order chi connectivity index (χ1) is 13.7. The van der Waals surface area contributed by atoms with Gasteiger partial charge in [-0.2, -0.15) is 5.10 Å². The number of carbonyl (C=O) groups is 2. The highest BCUT2D eigenvalue weighted by atomic mass is 16.5. The molecule has 1 aromatic heterocycles. The fourth-order valence-electron chi connectivity index (χ4n) is 2.79. The molecule has 0 saturated heterocycles. The lowest BCUT2D eigenvalue weighted by Gasteiger charge is -2.18. The Balaban J connectivity index is 1.63. The second-order valence-electron chi connectivity index (χ2n) is 6.05. The van der Waals surface area contributed by atoms with Gasteiger partial charge in [0.2, 0.25) is 5.91 Å². The number of methoxy groups -OCH3 is 1. The maximum absolute atomic E-state index is 12.4. The molecule has 2 amide bonds. The summed E-state index contributed by atoms with van der Waals surface area (Å²) in [5, 5.41) is 12.2. The lowest BCUT2D eigenvalue weighted by Crippen LogP contribution is -2.39. The van der Waals surface area contributed by atoms with Crippen LogP contribution in [0, 0.1) is 0 Å². The Bertz CT molecular complexity index is 913. The van der Waals surface area contributed by atoms with Crippen LogP contribution < -0.4 is 15.4 Å². The number of carbonyl (C=O) groups excluding carboxylic acids is 2. The van der Waals surface area contributed by atoms with E-state index in [0.717, 1.165) is 5.56 Å². The first-order valence-electron chi connectivity index (χ1n) is 8.77. The number of ether oxygens (including phenoxy) is 1. The maximum atomic E-state index is 12.4. The number of rotatable bonds is 8. The van der Waals surface area contributed by atoms with Gasteiger partial charge >= 0.3 is 0 Å². The van der Waals surface area contributed by atoms with Crippen LogP contribution in [-0.4, -0.2) is 40.7 Å². The molecule has 0 spiro atoms. The zero-order valence-electron chi connectivity index (χ0n) is 15.4. The van der Waals surface area contributed by atoms with Gasteiger partial charge in [-0.25, -0.2) is 4.98 Å². The molecule has 0 aliphatic rings. The van der Waals surface area contributed by atoms with Crippen LogP contribution in [-0.2, 0) is 11.2 Å². The zero-order chi connectivity index (χ0) is 19.8. The van der Waals surface area contributed by atoms with Crippen LogP contribution in [0.5, 0.6) is 5.75 Å². The number of aromatic amines is 1. The number of H-pyrrole nitrogens is 1. The lowest BCUT2D eigenvalue weighted by molar-refractivity contribution is -0.120. The lowest BCUT2D eigenvalue weighted by atomic mass is 10.0. The van der Waals surface area contributed by atoms with Crippen LogP contribution in [0.4, 0.5) is 0 Å². The smallest absolute Gasteiger partial charge is 0.255 e. The molecule has 3 rings (SSSR count). The van der Waals surface area contributed by atoms with E-state index in [0.29, 0.717) is 23.6 Å². The number of benzene rings is 2. The van der Waals surface area contributed by atoms with Gasteiger partial charge in [-0.3, -0.25) is 14.7 Å². The van der Waals surface area contributed by atoms with Gasteiger partial charge in [0.1, 0.15) is 17.9 Å². The number of nitrogens with zero attached hydrogens (tertiary/aromatic N) is 2. The molecule has 1 atom stereocenters. The van der Waals surface area contributed by atoms with Crippen molar-refractivity contribution >= 4 is 11.8 Å². The zero-order valence-corrected chi connectivity index (χ0v) is 15.4. The predicted molar refractivity (Wildman–Crippen MR) is 103 cm³/mol. The number of para-hydroxylation sites is 1. The Morgan fingerprint density at radius 1 is 1.11 bits per heavy atom. The van der Waals surface area contributed by atoms with Crippen LogP contribution in [0.1, 0.15) is 27.8 Å². The molecule has 144 valence electrons. The van der Waals surface area contributed by atoms with E-state index in [-0.39, 0.29) is 24.4 Å². The molecule has 8 nitrogen and oxygen atoms in total. The molecule has 8 heteroatoms. The minimum Gasteiger partial charge on any atom is -0.496 e. The van der Waals surface area contributed by atoms with Crippen LogP contribution in [0.25, 0.3) is 0 Å². The fourth-order valence-corrected chi connectivity index (χ4v) is 2.79. The van der Waals surface area contributed by atoms with Crippen molar-refractivity contribution in [1.82, 2.24) is 25.8 Å².